The quantitative estimate of drug-likeness (QED) is 0.576. The number of amides is 1. The zero-order valence-electron chi connectivity index (χ0n) is 16.9. The Labute approximate surface area is 175 Å². The second-order valence-corrected chi connectivity index (χ2v) is 7.70. The van der Waals surface area contributed by atoms with Crippen molar-refractivity contribution >= 4 is 27.6 Å². The lowest BCUT2D eigenvalue weighted by Gasteiger charge is -2.15. The van der Waals surface area contributed by atoms with E-state index < -0.39 is 28.0 Å². The van der Waals surface area contributed by atoms with Crippen LogP contribution in [0.3, 0.4) is 0 Å². The van der Waals surface area contributed by atoms with Crippen LogP contribution in [-0.4, -0.2) is 39.6 Å². The predicted molar refractivity (Wildman–Crippen MR) is 110 cm³/mol. The van der Waals surface area contributed by atoms with E-state index in [1.165, 1.54) is 43.3 Å². The lowest BCUT2D eigenvalue weighted by atomic mass is 10.2. The fourth-order valence-corrected chi connectivity index (χ4v) is 2.95. The summed E-state index contributed by atoms with van der Waals surface area (Å²) in [7, 11) is -3.83. The number of benzene rings is 2. The first-order valence-electron chi connectivity index (χ1n) is 9.20. The molecular formula is C20H24N2O7S. The minimum absolute atomic E-state index is 0.0828. The molecule has 2 rings (SSSR count). The van der Waals surface area contributed by atoms with Crippen molar-refractivity contribution in [3.63, 3.8) is 0 Å². The van der Waals surface area contributed by atoms with Crippen LogP contribution in [-0.2, 0) is 19.6 Å². The molecular weight excluding hydrogens is 412 g/mol. The van der Waals surface area contributed by atoms with E-state index >= 15 is 0 Å². The van der Waals surface area contributed by atoms with Crippen molar-refractivity contribution in [3.8, 4) is 11.5 Å². The van der Waals surface area contributed by atoms with Crippen LogP contribution in [0.2, 0.25) is 0 Å². The summed E-state index contributed by atoms with van der Waals surface area (Å²) in [4.78, 5) is 24.6. The molecule has 0 aliphatic heterocycles. The fourth-order valence-electron chi connectivity index (χ4n) is 2.43. The number of hydrogen-bond acceptors (Lipinski definition) is 7. The topological polar surface area (TPSA) is 134 Å². The van der Waals surface area contributed by atoms with E-state index in [1.54, 1.807) is 6.07 Å². The maximum atomic E-state index is 12.4. The van der Waals surface area contributed by atoms with Crippen LogP contribution in [0, 0.1) is 0 Å². The zero-order valence-corrected chi connectivity index (χ0v) is 17.7. The molecule has 9 nitrogen and oxygen atoms in total. The van der Waals surface area contributed by atoms with Crippen molar-refractivity contribution in [1.29, 1.82) is 0 Å². The van der Waals surface area contributed by atoms with Crippen molar-refractivity contribution in [2.45, 2.75) is 31.8 Å². The Kier molecular flexibility index (Phi) is 7.79. The summed E-state index contributed by atoms with van der Waals surface area (Å²) >= 11 is 0. The second kappa shape index (κ2) is 10.1. The summed E-state index contributed by atoms with van der Waals surface area (Å²) in [6.45, 7) is 5.90. The molecule has 2 aromatic carbocycles. The number of sulfonamides is 1. The van der Waals surface area contributed by atoms with Gasteiger partial charge in [-0.3, -0.25) is 4.79 Å². The molecule has 3 N–H and O–H groups in total. The average molecular weight is 436 g/mol. The number of primary sulfonamides is 1. The van der Waals surface area contributed by atoms with Crippen LogP contribution in [0.5, 0.6) is 11.5 Å². The molecule has 0 heterocycles. The summed E-state index contributed by atoms with van der Waals surface area (Å²) < 4.78 is 38.7. The van der Waals surface area contributed by atoms with Crippen LogP contribution in [0.15, 0.2) is 47.4 Å². The van der Waals surface area contributed by atoms with Crippen molar-refractivity contribution in [2.75, 3.05) is 18.5 Å². The Morgan fingerprint density at radius 3 is 2.17 bits per heavy atom. The fraction of sp³-hybridized carbons (Fsp3) is 0.300. The van der Waals surface area contributed by atoms with Crippen molar-refractivity contribution < 1.29 is 32.2 Å². The Morgan fingerprint density at radius 1 is 1.00 bits per heavy atom. The van der Waals surface area contributed by atoms with Gasteiger partial charge in [0.2, 0.25) is 10.0 Å². The summed E-state index contributed by atoms with van der Waals surface area (Å²) in [6.07, 6.45) is -1.10. The molecule has 1 amide bonds. The number of esters is 1. The minimum atomic E-state index is -3.83. The van der Waals surface area contributed by atoms with Crippen LogP contribution in [0.4, 0.5) is 5.69 Å². The Morgan fingerprint density at radius 2 is 1.60 bits per heavy atom. The molecule has 0 fully saturated rings. The van der Waals surface area contributed by atoms with Gasteiger partial charge in [0.1, 0.15) is 0 Å². The molecule has 162 valence electrons. The van der Waals surface area contributed by atoms with Gasteiger partial charge < -0.3 is 19.5 Å². The van der Waals surface area contributed by atoms with E-state index in [0.29, 0.717) is 30.4 Å². The normalized spacial score (nSPS) is 12.0. The van der Waals surface area contributed by atoms with Crippen molar-refractivity contribution in [2.24, 2.45) is 5.14 Å². The summed E-state index contributed by atoms with van der Waals surface area (Å²) in [5.41, 5.74) is 0.536. The number of anilines is 1. The Balaban J connectivity index is 2.04. The summed E-state index contributed by atoms with van der Waals surface area (Å²) in [5.74, 6) is -0.376. The van der Waals surface area contributed by atoms with E-state index in [2.05, 4.69) is 5.32 Å². The van der Waals surface area contributed by atoms with Gasteiger partial charge in [-0.2, -0.15) is 0 Å². The van der Waals surface area contributed by atoms with E-state index in [9.17, 15) is 18.0 Å². The van der Waals surface area contributed by atoms with Gasteiger partial charge in [0, 0.05) is 5.69 Å². The number of nitrogens with one attached hydrogen (secondary N) is 1. The summed E-state index contributed by atoms with van der Waals surface area (Å²) in [5, 5.41) is 7.57. The highest BCUT2D eigenvalue weighted by Gasteiger charge is 2.20. The third kappa shape index (κ3) is 6.19. The van der Waals surface area contributed by atoms with Crippen LogP contribution >= 0.6 is 0 Å². The molecule has 0 radical (unpaired) electrons. The molecule has 0 saturated carbocycles. The number of hydrogen-bond donors (Lipinski definition) is 2. The number of carbonyl (C=O) groups excluding carboxylic acids is 2. The van der Waals surface area contributed by atoms with Gasteiger partial charge in [-0.05, 0) is 63.2 Å². The Bertz CT molecular complexity index is 1000. The molecule has 0 saturated heterocycles. The van der Waals surface area contributed by atoms with Gasteiger partial charge in [-0.15, -0.1) is 0 Å². The molecule has 0 aromatic heterocycles. The van der Waals surface area contributed by atoms with Gasteiger partial charge >= 0.3 is 5.97 Å². The smallest absolute Gasteiger partial charge is 0.339 e. The van der Waals surface area contributed by atoms with Crippen LogP contribution in [0.25, 0.3) is 0 Å². The molecule has 1 unspecified atom stereocenters. The van der Waals surface area contributed by atoms with E-state index in [-0.39, 0.29) is 10.5 Å². The van der Waals surface area contributed by atoms with Gasteiger partial charge in [0.15, 0.2) is 17.6 Å². The SMILES string of the molecule is CCOc1ccc(C(=O)OC(C)C(=O)Nc2ccc(S(N)(=O)=O)cc2)cc1OCC. The zero-order chi connectivity index (χ0) is 22.3. The molecule has 2 aromatic rings. The van der Waals surface area contributed by atoms with Crippen molar-refractivity contribution in [1.82, 2.24) is 0 Å². The first-order valence-corrected chi connectivity index (χ1v) is 10.7. The van der Waals surface area contributed by atoms with Crippen molar-refractivity contribution in [3.05, 3.63) is 48.0 Å². The van der Waals surface area contributed by atoms with Gasteiger partial charge in [0.25, 0.3) is 5.91 Å². The van der Waals surface area contributed by atoms with Gasteiger partial charge in [-0.25, -0.2) is 18.4 Å². The van der Waals surface area contributed by atoms with Crippen LogP contribution < -0.4 is 19.9 Å². The molecule has 0 spiro atoms. The Hall–Kier alpha value is -3.11. The highest BCUT2D eigenvalue weighted by Crippen LogP contribution is 2.29. The molecule has 30 heavy (non-hydrogen) atoms. The number of carbonyl (C=O) groups is 2. The standard InChI is InChI=1S/C20H24N2O7S/c1-4-27-17-11-6-14(12-18(17)28-5-2)20(24)29-13(3)19(23)22-15-7-9-16(10-8-15)30(21,25)26/h6-13H,4-5H2,1-3H3,(H,22,23)(H2,21,25,26). The highest BCUT2D eigenvalue weighted by molar-refractivity contribution is 7.89. The monoisotopic (exact) mass is 436 g/mol. The van der Waals surface area contributed by atoms with E-state index in [1.807, 2.05) is 13.8 Å². The average Bonchev–Trinajstić information content (AvgIpc) is 2.69. The number of nitrogens with two attached hydrogens (primary N) is 1. The van der Waals surface area contributed by atoms with E-state index in [0.717, 1.165) is 0 Å². The first-order chi connectivity index (χ1) is 14.2. The van der Waals surface area contributed by atoms with Gasteiger partial charge in [-0.1, -0.05) is 0 Å². The molecule has 0 bridgehead atoms. The lowest BCUT2D eigenvalue weighted by Crippen LogP contribution is -2.30. The number of ether oxygens (including phenoxy) is 3. The van der Waals surface area contributed by atoms with Gasteiger partial charge in [0.05, 0.1) is 23.7 Å². The molecule has 0 aliphatic carbocycles. The largest absolute Gasteiger partial charge is 0.490 e. The summed E-state index contributed by atoms with van der Waals surface area (Å²) in [6, 6.07) is 9.90. The second-order valence-electron chi connectivity index (χ2n) is 6.13. The number of rotatable bonds is 9. The molecule has 1 atom stereocenters. The third-order valence-corrected chi connectivity index (χ3v) is 4.81. The lowest BCUT2D eigenvalue weighted by molar-refractivity contribution is -0.123. The van der Waals surface area contributed by atoms with E-state index in [4.69, 9.17) is 19.3 Å². The molecule has 10 heteroatoms. The maximum absolute atomic E-state index is 12.4. The maximum Gasteiger partial charge on any atom is 0.339 e. The molecule has 0 aliphatic rings. The highest BCUT2D eigenvalue weighted by atomic mass is 32.2. The first kappa shape index (κ1) is 23.2. The predicted octanol–water partition coefficient (Wildman–Crippen LogP) is 2.32. The minimum Gasteiger partial charge on any atom is -0.490 e. The third-order valence-electron chi connectivity index (χ3n) is 3.88. The van der Waals surface area contributed by atoms with Crippen LogP contribution in [0.1, 0.15) is 31.1 Å².